The molecule has 5 rings (SSSR count). The van der Waals surface area contributed by atoms with E-state index in [9.17, 15) is 9.59 Å². The fourth-order valence-corrected chi connectivity index (χ4v) is 6.61. The van der Waals surface area contributed by atoms with Gasteiger partial charge in [-0.3, -0.25) is 9.59 Å². The van der Waals surface area contributed by atoms with Crippen molar-refractivity contribution in [2.75, 3.05) is 13.1 Å². The lowest BCUT2D eigenvalue weighted by Gasteiger charge is -2.31. The summed E-state index contributed by atoms with van der Waals surface area (Å²) in [4.78, 5) is 27.9. The summed E-state index contributed by atoms with van der Waals surface area (Å²) >= 11 is 0. The molecule has 1 saturated heterocycles. The van der Waals surface area contributed by atoms with Crippen molar-refractivity contribution in [3.05, 3.63) is 46.5 Å². The molecule has 3 aliphatic rings. The number of Topliss-reactive ketones (excluding diaryl/α,β-unsaturated/α-hetero) is 1. The molecule has 2 aromatic rings. The largest absolute Gasteiger partial charge is 0.341 e. The number of hydrogen-bond donors (Lipinski definition) is 0. The van der Waals surface area contributed by atoms with Gasteiger partial charge in [-0.1, -0.05) is 37.6 Å². The normalized spacial score (nSPS) is 26.6. The molecular weight excluding hydrogens is 448 g/mol. The van der Waals surface area contributed by atoms with Crippen LogP contribution in [-0.4, -0.2) is 44.4 Å². The Hall–Kier alpha value is -2.50. The smallest absolute Gasteiger partial charge is 0.219 e. The van der Waals surface area contributed by atoms with Crippen molar-refractivity contribution in [3.63, 3.8) is 0 Å². The molecule has 2 saturated carbocycles. The van der Waals surface area contributed by atoms with Crippen molar-refractivity contribution in [1.82, 2.24) is 19.7 Å². The maximum Gasteiger partial charge on any atom is 0.219 e. The van der Waals surface area contributed by atoms with Gasteiger partial charge in [-0.05, 0) is 75.3 Å². The first-order valence-electron chi connectivity index (χ1n) is 14.0. The number of likely N-dealkylation sites (tertiary alicyclic amines) is 1. The van der Waals surface area contributed by atoms with E-state index in [2.05, 4.69) is 50.5 Å². The Balaban J connectivity index is 1.42. The van der Waals surface area contributed by atoms with Crippen LogP contribution in [0.3, 0.4) is 0 Å². The lowest BCUT2D eigenvalue weighted by Crippen LogP contribution is -2.28. The maximum atomic E-state index is 13.7. The second-order valence-corrected chi connectivity index (χ2v) is 12.1. The zero-order chi connectivity index (χ0) is 25.6. The molecular formula is C30H42N4O2. The maximum absolute atomic E-state index is 13.7. The SMILES string of the molecule is CC(=O)N1C[C@H](C(=O)Cc2ccc(C)cc2C)[C@@H](c2nnc(C3CCC(C(C)C)CC3)n2C2CC2)C1. The fourth-order valence-electron chi connectivity index (χ4n) is 6.61. The van der Waals surface area contributed by atoms with E-state index in [0.29, 0.717) is 31.5 Å². The Kier molecular flexibility index (Phi) is 7.06. The number of nitrogens with zero attached hydrogens (tertiary/aromatic N) is 4. The topological polar surface area (TPSA) is 68.1 Å². The van der Waals surface area contributed by atoms with Crippen molar-refractivity contribution >= 4 is 11.7 Å². The summed E-state index contributed by atoms with van der Waals surface area (Å²) in [5.41, 5.74) is 3.44. The zero-order valence-electron chi connectivity index (χ0n) is 22.7. The first-order chi connectivity index (χ1) is 17.2. The summed E-state index contributed by atoms with van der Waals surface area (Å²) < 4.78 is 2.41. The number of hydrogen-bond acceptors (Lipinski definition) is 4. The van der Waals surface area contributed by atoms with E-state index in [1.165, 1.54) is 31.2 Å². The van der Waals surface area contributed by atoms with Crippen molar-refractivity contribution in [2.24, 2.45) is 17.8 Å². The van der Waals surface area contributed by atoms with Gasteiger partial charge < -0.3 is 9.47 Å². The summed E-state index contributed by atoms with van der Waals surface area (Å²) in [6.07, 6.45) is 7.58. The quantitative estimate of drug-likeness (QED) is 0.511. The highest BCUT2D eigenvalue weighted by atomic mass is 16.2. The van der Waals surface area contributed by atoms with Crippen molar-refractivity contribution in [2.45, 2.75) is 97.4 Å². The Labute approximate surface area is 215 Å². The Morgan fingerprint density at radius 1 is 0.972 bits per heavy atom. The third kappa shape index (κ3) is 5.01. The van der Waals surface area contributed by atoms with Crippen LogP contribution in [0.5, 0.6) is 0 Å². The lowest BCUT2D eigenvalue weighted by atomic mass is 9.76. The Morgan fingerprint density at radius 3 is 2.28 bits per heavy atom. The van der Waals surface area contributed by atoms with Gasteiger partial charge in [0.1, 0.15) is 17.4 Å². The first kappa shape index (κ1) is 25.2. The molecule has 0 bridgehead atoms. The standard InChI is InChI=1S/C30H42N4O2/c1-18(2)22-8-10-23(11-9-22)29-31-32-30(34(29)25-12-13-25)27-17-33(21(5)35)16-26(27)28(36)15-24-7-6-19(3)14-20(24)4/h6-7,14,18,22-23,25-27H,8-13,15-17H2,1-5H3/t22?,23?,26-,27-/m0/s1. The van der Waals surface area contributed by atoms with E-state index >= 15 is 0 Å². The highest BCUT2D eigenvalue weighted by Gasteiger charge is 2.44. The molecule has 1 amide bonds. The van der Waals surface area contributed by atoms with E-state index in [0.717, 1.165) is 47.5 Å². The number of aromatic nitrogens is 3. The number of amides is 1. The van der Waals surface area contributed by atoms with E-state index in [1.807, 2.05) is 4.90 Å². The number of carbonyl (C=O) groups is 2. The van der Waals surface area contributed by atoms with Gasteiger partial charge >= 0.3 is 0 Å². The van der Waals surface area contributed by atoms with Crippen LogP contribution in [0.2, 0.25) is 0 Å². The Bertz CT molecular complexity index is 1120. The summed E-state index contributed by atoms with van der Waals surface area (Å²) in [6, 6.07) is 6.75. The number of benzene rings is 1. The molecule has 1 aromatic heterocycles. The molecule has 1 aliphatic heterocycles. The first-order valence-corrected chi connectivity index (χ1v) is 14.0. The minimum atomic E-state index is -0.235. The summed E-state index contributed by atoms with van der Waals surface area (Å²) in [5.74, 6) is 4.01. The highest BCUT2D eigenvalue weighted by Crippen LogP contribution is 2.45. The molecule has 36 heavy (non-hydrogen) atoms. The molecule has 3 fully saturated rings. The zero-order valence-corrected chi connectivity index (χ0v) is 22.7. The fraction of sp³-hybridized carbons (Fsp3) is 0.667. The van der Waals surface area contributed by atoms with Crippen LogP contribution >= 0.6 is 0 Å². The predicted octanol–water partition coefficient (Wildman–Crippen LogP) is 5.53. The van der Waals surface area contributed by atoms with E-state index in [-0.39, 0.29) is 23.5 Å². The van der Waals surface area contributed by atoms with E-state index < -0.39 is 0 Å². The molecule has 6 heteroatoms. The van der Waals surface area contributed by atoms with Crippen LogP contribution in [0, 0.1) is 31.6 Å². The van der Waals surface area contributed by atoms with Crippen LogP contribution in [0.4, 0.5) is 0 Å². The Morgan fingerprint density at radius 2 is 1.67 bits per heavy atom. The van der Waals surface area contributed by atoms with Crippen LogP contribution in [0.25, 0.3) is 0 Å². The second-order valence-electron chi connectivity index (χ2n) is 12.1. The van der Waals surface area contributed by atoms with Crippen LogP contribution < -0.4 is 0 Å². The van der Waals surface area contributed by atoms with Crippen molar-refractivity contribution in [3.8, 4) is 0 Å². The molecule has 194 valence electrons. The minimum Gasteiger partial charge on any atom is -0.341 e. The molecule has 0 unspecified atom stereocenters. The van der Waals surface area contributed by atoms with Crippen LogP contribution in [-0.2, 0) is 16.0 Å². The van der Waals surface area contributed by atoms with Crippen molar-refractivity contribution in [1.29, 1.82) is 0 Å². The summed E-state index contributed by atoms with van der Waals surface area (Å²) in [6.45, 7) is 11.5. The van der Waals surface area contributed by atoms with Gasteiger partial charge in [0.25, 0.3) is 0 Å². The number of aryl methyl sites for hydroxylation is 2. The predicted molar refractivity (Wildman–Crippen MR) is 141 cm³/mol. The van der Waals surface area contributed by atoms with Gasteiger partial charge in [-0.2, -0.15) is 0 Å². The molecule has 0 N–H and O–H groups in total. The number of carbonyl (C=O) groups excluding carboxylic acids is 2. The third-order valence-electron chi connectivity index (χ3n) is 9.11. The van der Waals surface area contributed by atoms with Crippen LogP contribution in [0.1, 0.15) is 106 Å². The third-order valence-corrected chi connectivity index (χ3v) is 9.11. The van der Waals surface area contributed by atoms with E-state index in [4.69, 9.17) is 10.2 Å². The van der Waals surface area contributed by atoms with Gasteiger partial charge in [0.2, 0.25) is 5.91 Å². The minimum absolute atomic E-state index is 0.0338. The summed E-state index contributed by atoms with van der Waals surface area (Å²) in [5, 5.41) is 9.56. The van der Waals surface area contributed by atoms with Crippen LogP contribution in [0.15, 0.2) is 18.2 Å². The molecule has 2 aliphatic carbocycles. The second kappa shape index (κ2) is 10.1. The number of rotatable bonds is 7. The van der Waals surface area contributed by atoms with E-state index in [1.54, 1.807) is 6.92 Å². The van der Waals surface area contributed by atoms with Gasteiger partial charge in [-0.25, -0.2) is 0 Å². The molecule has 1 aromatic carbocycles. The van der Waals surface area contributed by atoms with Gasteiger partial charge in [0, 0.05) is 50.2 Å². The molecule has 0 radical (unpaired) electrons. The van der Waals surface area contributed by atoms with Gasteiger partial charge in [0.15, 0.2) is 0 Å². The lowest BCUT2D eigenvalue weighted by molar-refractivity contribution is -0.128. The van der Waals surface area contributed by atoms with Gasteiger partial charge in [-0.15, -0.1) is 10.2 Å². The average Bonchev–Trinajstić information content (AvgIpc) is 3.42. The monoisotopic (exact) mass is 490 g/mol. The molecule has 6 nitrogen and oxygen atoms in total. The molecule has 2 atom stereocenters. The highest BCUT2D eigenvalue weighted by molar-refractivity contribution is 5.86. The van der Waals surface area contributed by atoms with Crippen molar-refractivity contribution < 1.29 is 9.59 Å². The number of ketones is 1. The molecule has 2 heterocycles. The average molecular weight is 491 g/mol. The van der Waals surface area contributed by atoms with Gasteiger partial charge in [0.05, 0.1) is 0 Å². The summed E-state index contributed by atoms with van der Waals surface area (Å²) in [7, 11) is 0. The molecule has 0 spiro atoms.